The van der Waals surface area contributed by atoms with Crippen molar-refractivity contribution in [1.82, 2.24) is 4.90 Å². The van der Waals surface area contributed by atoms with Crippen LogP contribution in [0.1, 0.15) is 21.5 Å². The average Bonchev–Trinajstić information content (AvgIpc) is 2.70. The molecule has 0 aliphatic carbocycles. The van der Waals surface area contributed by atoms with Gasteiger partial charge in [0.2, 0.25) is 5.75 Å². The minimum Gasteiger partial charge on any atom is -0.493 e. The lowest BCUT2D eigenvalue weighted by molar-refractivity contribution is 0.105. The lowest BCUT2D eigenvalue weighted by atomic mass is 9.96. The normalized spacial score (nSPS) is 10.7. The van der Waals surface area contributed by atoms with Gasteiger partial charge in [0.25, 0.3) is 0 Å². The van der Waals surface area contributed by atoms with Crippen LogP contribution in [0.2, 0.25) is 0 Å². The molecule has 0 fully saturated rings. The number of nitriles is 1. The molecular formula is C21H22N2O4. The molecular weight excluding hydrogens is 344 g/mol. The van der Waals surface area contributed by atoms with E-state index in [0.29, 0.717) is 39.5 Å². The molecule has 2 aromatic rings. The van der Waals surface area contributed by atoms with Crippen LogP contribution >= 0.6 is 0 Å². The van der Waals surface area contributed by atoms with Crippen molar-refractivity contribution in [2.75, 3.05) is 35.4 Å². The van der Waals surface area contributed by atoms with Gasteiger partial charge in [0.1, 0.15) is 0 Å². The Morgan fingerprint density at radius 3 is 1.93 bits per heavy atom. The van der Waals surface area contributed by atoms with E-state index in [-0.39, 0.29) is 5.78 Å². The topological polar surface area (TPSA) is 71.8 Å². The fourth-order valence-electron chi connectivity index (χ4n) is 2.61. The standard InChI is InChI=1S/C21H22N2O4/c1-23(2)13-17(15-8-6-14(12-22)7-9-15)20(24)16-10-18(25-3)21(27-5)19(11-16)26-4/h6-11,13H,1-5H3. The first-order valence-electron chi connectivity index (χ1n) is 8.18. The number of rotatable bonds is 7. The Kier molecular flexibility index (Phi) is 6.45. The monoisotopic (exact) mass is 366 g/mol. The molecule has 2 rings (SSSR count). The van der Waals surface area contributed by atoms with Crippen molar-refractivity contribution in [3.05, 3.63) is 59.3 Å². The van der Waals surface area contributed by atoms with Crippen LogP contribution in [0, 0.1) is 11.3 Å². The third kappa shape index (κ3) is 4.39. The molecule has 0 saturated carbocycles. The van der Waals surface area contributed by atoms with Gasteiger partial charge in [0, 0.05) is 31.4 Å². The zero-order valence-corrected chi connectivity index (χ0v) is 16.1. The van der Waals surface area contributed by atoms with Crippen LogP contribution in [0.15, 0.2) is 42.6 Å². The summed E-state index contributed by atoms with van der Waals surface area (Å²) in [5.41, 5.74) is 2.13. The molecule has 0 radical (unpaired) electrons. The van der Waals surface area contributed by atoms with Crippen LogP contribution in [-0.4, -0.2) is 46.1 Å². The molecule has 6 heteroatoms. The van der Waals surface area contributed by atoms with E-state index in [9.17, 15) is 4.79 Å². The van der Waals surface area contributed by atoms with E-state index in [1.807, 2.05) is 14.1 Å². The predicted molar refractivity (Wildman–Crippen MR) is 103 cm³/mol. The lowest BCUT2D eigenvalue weighted by Gasteiger charge is -2.16. The number of ether oxygens (including phenoxy) is 3. The van der Waals surface area contributed by atoms with E-state index < -0.39 is 0 Å². The predicted octanol–water partition coefficient (Wildman–Crippen LogP) is 3.37. The highest BCUT2D eigenvalue weighted by atomic mass is 16.5. The van der Waals surface area contributed by atoms with Gasteiger partial charge in [-0.3, -0.25) is 4.79 Å². The average molecular weight is 366 g/mol. The number of carbonyl (C=O) groups excluding carboxylic acids is 1. The van der Waals surface area contributed by atoms with E-state index in [1.165, 1.54) is 21.3 Å². The van der Waals surface area contributed by atoms with Crippen molar-refractivity contribution in [2.45, 2.75) is 0 Å². The van der Waals surface area contributed by atoms with Crippen LogP contribution in [0.5, 0.6) is 17.2 Å². The minimum atomic E-state index is -0.201. The molecule has 0 aromatic heterocycles. The number of hydrogen-bond donors (Lipinski definition) is 0. The maximum Gasteiger partial charge on any atom is 0.203 e. The Morgan fingerprint density at radius 2 is 1.52 bits per heavy atom. The molecule has 6 nitrogen and oxygen atoms in total. The number of allylic oxidation sites excluding steroid dienone is 1. The van der Waals surface area contributed by atoms with E-state index in [1.54, 1.807) is 47.5 Å². The molecule has 0 spiro atoms. The number of hydrogen-bond acceptors (Lipinski definition) is 6. The van der Waals surface area contributed by atoms with Crippen molar-refractivity contribution < 1.29 is 19.0 Å². The highest BCUT2D eigenvalue weighted by Gasteiger charge is 2.20. The summed E-state index contributed by atoms with van der Waals surface area (Å²) in [7, 11) is 8.19. The van der Waals surface area contributed by atoms with E-state index in [0.717, 1.165) is 0 Å². The van der Waals surface area contributed by atoms with Crippen molar-refractivity contribution in [3.8, 4) is 23.3 Å². The first kappa shape index (κ1) is 19.9. The largest absolute Gasteiger partial charge is 0.493 e. The van der Waals surface area contributed by atoms with Crippen molar-refractivity contribution in [3.63, 3.8) is 0 Å². The number of nitrogens with zero attached hydrogens (tertiary/aromatic N) is 2. The number of methoxy groups -OCH3 is 3. The molecule has 0 heterocycles. The van der Waals surface area contributed by atoms with Gasteiger partial charge in [0.05, 0.1) is 33.0 Å². The summed E-state index contributed by atoms with van der Waals surface area (Å²) in [6, 6.07) is 12.2. The number of ketones is 1. The van der Waals surface area contributed by atoms with Gasteiger partial charge in [-0.1, -0.05) is 12.1 Å². The number of Topliss-reactive ketones (excluding diaryl/α,β-unsaturated/α-hetero) is 1. The second-order valence-electron chi connectivity index (χ2n) is 5.94. The van der Waals surface area contributed by atoms with Gasteiger partial charge in [-0.2, -0.15) is 5.26 Å². The number of carbonyl (C=O) groups is 1. The SMILES string of the molecule is COc1cc(C(=O)C(=CN(C)C)c2ccc(C#N)cc2)cc(OC)c1OC. The van der Waals surface area contributed by atoms with Gasteiger partial charge in [-0.15, -0.1) is 0 Å². The van der Waals surface area contributed by atoms with Gasteiger partial charge in [-0.05, 0) is 29.8 Å². The third-order valence-electron chi connectivity index (χ3n) is 3.88. The maximum absolute atomic E-state index is 13.3. The second kappa shape index (κ2) is 8.77. The van der Waals surface area contributed by atoms with Crippen LogP contribution < -0.4 is 14.2 Å². The zero-order chi connectivity index (χ0) is 20.0. The quantitative estimate of drug-likeness (QED) is 0.553. The Balaban J connectivity index is 2.57. The molecule has 0 atom stereocenters. The molecule has 0 aliphatic heterocycles. The first-order valence-corrected chi connectivity index (χ1v) is 8.18. The van der Waals surface area contributed by atoms with Crippen LogP contribution in [0.4, 0.5) is 0 Å². The fourth-order valence-corrected chi connectivity index (χ4v) is 2.61. The molecule has 0 unspecified atom stereocenters. The van der Waals surface area contributed by atoms with Crippen LogP contribution in [0.3, 0.4) is 0 Å². The Bertz CT molecular complexity index is 868. The third-order valence-corrected chi connectivity index (χ3v) is 3.88. The molecule has 0 saturated heterocycles. The Morgan fingerprint density at radius 1 is 0.963 bits per heavy atom. The summed E-state index contributed by atoms with van der Waals surface area (Å²) in [4.78, 5) is 15.1. The summed E-state index contributed by atoms with van der Waals surface area (Å²) < 4.78 is 16.0. The fraction of sp³-hybridized carbons (Fsp3) is 0.238. The molecule has 0 N–H and O–H groups in total. The Hall–Kier alpha value is -3.46. The highest BCUT2D eigenvalue weighted by Crippen LogP contribution is 2.39. The second-order valence-corrected chi connectivity index (χ2v) is 5.94. The van der Waals surface area contributed by atoms with E-state index >= 15 is 0 Å². The van der Waals surface area contributed by atoms with Gasteiger partial charge in [-0.25, -0.2) is 0 Å². The number of benzene rings is 2. The smallest absolute Gasteiger partial charge is 0.203 e. The molecule has 2 aromatic carbocycles. The highest BCUT2D eigenvalue weighted by molar-refractivity contribution is 6.29. The van der Waals surface area contributed by atoms with Crippen molar-refractivity contribution in [2.24, 2.45) is 0 Å². The maximum atomic E-state index is 13.3. The molecule has 0 amide bonds. The molecule has 0 bridgehead atoms. The molecule has 140 valence electrons. The first-order chi connectivity index (χ1) is 12.9. The minimum absolute atomic E-state index is 0.201. The van der Waals surface area contributed by atoms with Crippen molar-refractivity contribution in [1.29, 1.82) is 5.26 Å². The Labute approximate surface area is 159 Å². The van der Waals surface area contributed by atoms with Crippen molar-refractivity contribution >= 4 is 11.4 Å². The lowest BCUT2D eigenvalue weighted by Crippen LogP contribution is -2.10. The molecule has 0 aliphatic rings. The molecule has 27 heavy (non-hydrogen) atoms. The zero-order valence-electron chi connectivity index (χ0n) is 16.1. The van der Waals surface area contributed by atoms with Gasteiger partial charge >= 0.3 is 0 Å². The van der Waals surface area contributed by atoms with E-state index in [2.05, 4.69) is 6.07 Å². The summed E-state index contributed by atoms with van der Waals surface area (Å²) >= 11 is 0. The van der Waals surface area contributed by atoms with Crippen LogP contribution in [0.25, 0.3) is 5.57 Å². The summed E-state index contributed by atoms with van der Waals surface area (Å²) in [6.07, 6.45) is 1.74. The van der Waals surface area contributed by atoms with Crippen LogP contribution in [-0.2, 0) is 0 Å². The summed E-state index contributed by atoms with van der Waals surface area (Å²) in [5, 5.41) is 8.99. The van der Waals surface area contributed by atoms with Gasteiger partial charge < -0.3 is 19.1 Å². The summed E-state index contributed by atoms with van der Waals surface area (Å²) in [6.45, 7) is 0. The summed E-state index contributed by atoms with van der Waals surface area (Å²) in [5.74, 6) is 1.04. The van der Waals surface area contributed by atoms with E-state index in [4.69, 9.17) is 19.5 Å². The van der Waals surface area contributed by atoms with Gasteiger partial charge in [0.15, 0.2) is 17.3 Å².